The molecule has 1 saturated carbocycles. The molecular weight excluding hydrogens is 360 g/mol. The van der Waals surface area contributed by atoms with E-state index in [4.69, 9.17) is 4.74 Å². The third-order valence-corrected chi connectivity index (χ3v) is 7.13. The van der Waals surface area contributed by atoms with Crippen molar-refractivity contribution in [2.45, 2.75) is 75.6 Å². The number of nitrogens with one attached hydrogen (secondary N) is 1. The molecule has 2 aliphatic carbocycles. The molecule has 2 fully saturated rings. The zero-order valence-electron chi connectivity index (χ0n) is 17.8. The summed E-state index contributed by atoms with van der Waals surface area (Å²) in [6.45, 7) is 6.93. The quantitative estimate of drug-likeness (QED) is 0.739. The monoisotopic (exact) mass is 394 g/mol. The highest BCUT2D eigenvalue weighted by molar-refractivity contribution is 5.90. The second kappa shape index (κ2) is 8.45. The Hall–Kier alpha value is -1.91. The second-order valence-corrected chi connectivity index (χ2v) is 9.01. The van der Waals surface area contributed by atoms with Crippen LogP contribution in [-0.2, 0) is 16.0 Å². The fourth-order valence-electron chi connectivity index (χ4n) is 5.40. The van der Waals surface area contributed by atoms with Crippen molar-refractivity contribution in [3.63, 3.8) is 0 Å². The molecule has 1 aromatic carbocycles. The van der Waals surface area contributed by atoms with Gasteiger partial charge in [0, 0.05) is 31.8 Å². The number of carbonyl (C=O) groups is 1. The molecule has 0 bridgehead atoms. The molecule has 4 nitrogen and oxygen atoms in total. The first-order valence-corrected chi connectivity index (χ1v) is 11.1. The third kappa shape index (κ3) is 4.19. The summed E-state index contributed by atoms with van der Waals surface area (Å²) in [5.41, 5.74) is 3.75. The van der Waals surface area contributed by atoms with E-state index in [9.17, 15) is 4.79 Å². The number of fused-ring (bicyclic) bond motifs is 1. The Morgan fingerprint density at radius 1 is 1.41 bits per heavy atom. The minimum atomic E-state index is 0.00582. The smallest absolute Gasteiger partial charge is 0.227 e. The fourth-order valence-corrected chi connectivity index (χ4v) is 5.40. The van der Waals surface area contributed by atoms with Gasteiger partial charge < -0.3 is 15.0 Å². The van der Waals surface area contributed by atoms with Crippen LogP contribution in [0.4, 0.5) is 0 Å². The minimum Gasteiger partial charge on any atom is -0.375 e. The van der Waals surface area contributed by atoms with Gasteiger partial charge in [-0.25, -0.2) is 0 Å². The molecule has 156 valence electrons. The normalized spacial score (nSPS) is 29.4. The van der Waals surface area contributed by atoms with Gasteiger partial charge in [0.1, 0.15) is 0 Å². The molecule has 1 aliphatic heterocycles. The summed E-state index contributed by atoms with van der Waals surface area (Å²) in [5.74, 6) is 0.208. The van der Waals surface area contributed by atoms with Gasteiger partial charge >= 0.3 is 0 Å². The third-order valence-electron chi connectivity index (χ3n) is 7.13. The largest absolute Gasteiger partial charge is 0.375 e. The van der Waals surface area contributed by atoms with Crippen LogP contribution in [0.3, 0.4) is 0 Å². The molecule has 1 N–H and O–H groups in total. The molecule has 1 aromatic rings. The van der Waals surface area contributed by atoms with E-state index in [0.717, 1.165) is 45.1 Å². The Morgan fingerprint density at radius 3 is 3.00 bits per heavy atom. The number of hydrogen-bond donors (Lipinski definition) is 1. The first kappa shape index (κ1) is 20.4. The molecule has 1 saturated heterocycles. The summed E-state index contributed by atoms with van der Waals surface area (Å²) < 4.78 is 6.18. The number of rotatable bonds is 6. The van der Waals surface area contributed by atoms with Crippen molar-refractivity contribution < 1.29 is 9.53 Å². The van der Waals surface area contributed by atoms with Crippen molar-refractivity contribution in [3.05, 3.63) is 54.1 Å². The van der Waals surface area contributed by atoms with E-state index in [1.165, 1.54) is 16.7 Å². The number of allylic oxidation sites excluding steroid dienone is 1. The van der Waals surface area contributed by atoms with Crippen LogP contribution in [0.2, 0.25) is 0 Å². The van der Waals surface area contributed by atoms with Crippen LogP contribution in [0.5, 0.6) is 0 Å². The highest BCUT2D eigenvalue weighted by atomic mass is 16.5. The van der Waals surface area contributed by atoms with E-state index in [0.29, 0.717) is 6.42 Å². The van der Waals surface area contributed by atoms with Gasteiger partial charge in [-0.15, -0.1) is 6.58 Å². The summed E-state index contributed by atoms with van der Waals surface area (Å²) in [6.07, 6.45) is 10.9. The predicted octanol–water partition coefficient (Wildman–Crippen LogP) is 4.11. The van der Waals surface area contributed by atoms with E-state index in [-0.39, 0.29) is 29.6 Å². The number of likely N-dealkylation sites (N-methyl/N-ethyl adjacent to an activating group) is 1. The van der Waals surface area contributed by atoms with Gasteiger partial charge in [-0.2, -0.15) is 0 Å². The summed E-state index contributed by atoms with van der Waals surface area (Å²) >= 11 is 0. The van der Waals surface area contributed by atoms with Crippen LogP contribution in [0, 0.1) is 0 Å². The van der Waals surface area contributed by atoms with Crippen molar-refractivity contribution in [3.8, 4) is 0 Å². The average Bonchev–Trinajstić information content (AvgIpc) is 3.35. The molecule has 4 atom stereocenters. The van der Waals surface area contributed by atoms with Gasteiger partial charge in [0.15, 0.2) is 0 Å². The molecule has 0 radical (unpaired) electrons. The molecule has 4 rings (SSSR count). The first-order chi connectivity index (χ1) is 14.0. The van der Waals surface area contributed by atoms with Gasteiger partial charge in [-0.1, -0.05) is 36.4 Å². The maximum atomic E-state index is 13.2. The zero-order chi connectivity index (χ0) is 20.4. The van der Waals surface area contributed by atoms with Gasteiger partial charge in [0.05, 0.1) is 12.0 Å². The van der Waals surface area contributed by atoms with Crippen LogP contribution in [-0.4, -0.2) is 48.2 Å². The highest BCUT2D eigenvalue weighted by Gasteiger charge is 2.45. The van der Waals surface area contributed by atoms with Gasteiger partial charge in [-0.3, -0.25) is 4.79 Å². The average molecular weight is 395 g/mol. The SMILES string of the molecule is C=CC(C)NC1CC2(CCCO2)CCC1N(C)C(=O)CC1=CCc2ccccc21. The number of hydrogen-bond acceptors (Lipinski definition) is 3. The molecule has 3 aliphatic rings. The summed E-state index contributed by atoms with van der Waals surface area (Å²) in [4.78, 5) is 15.2. The lowest BCUT2D eigenvalue weighted by molar-refractivity contribution is -0.134. The van der Waals surface area contributed by atoms with E-state index >= 15 is 0 Å². The maximum absolute atomic E-state index is 13.2. The first-order valence-electron chi connectivity index (χ1n) is 11.1. The van der Waals surface area contributed by atoms with Crippen molar-refractivity contribution in [2.75, 3.05) is 13.7 Å². The zero-order valence-corrected chi connectivity index (χ0v) is 17.8. The standard InChI is InChI=1S/C25H34N2O2/c1-4-18(2)26-22-17-25(13-7-15-29-25)14-12-23(22)27(3)24(28)16-20-11-10-19-8-5-6-9-21(19)20/h4-6,8-9,11,18,22-23,26H,1,7,10,12-17H2,2-3H3. The van der Waals surface area contributed by atoms with Crippen LogP contribution < -0.4 is 5.32 Å². The lowest BCUT2D eigenvalue weighted by atomic mass is 9.76. The number of nitrogens with zero attached hydrogens (tertiary/aromatic N) is 1. The van der Waals surface area contributed by atoms with E-state index < -0.39 is 0 Å². The van der Waals surface area contributed by atoms with Crippen molar-refractivity contribution in [2.24, 2.45) is 0 Å². The molecule has 1 amide bonds. The summed E-state index contributed by atoms with van der Waals surface area (Å²) in [5, 5.41) is 3.71. The van der Waals surface area contributed by atoms with Crippen molar-refractivity contribution in [1.29, 1.82) is 0 Å². The Labute approximate surface area is 175 Å². The van der Waals surface area contributed by atoms with Crippen LogP contribution in [0.25, 0.3) is 5.57 Å². The van der Waals surface area contributed by atoms with Gasteiger partial charge in [0.25, 0.3) is 0 Å². The second-order valence-electron chi connectivity index (χ2n) is 9.01. The number of benzene rings is 1. The van der Waals surface area contributed by atoms with Crippen LogP contribution in [0.1, 0.15) is 56.6 Å². The fraction of sp³-hybridized carbons (Fsp3) is 0.560. The highest BCUT2D eigenvalue weighted by Crippen LogP contribution is 2.41. The Kier molecular flexibility index (Phi) is 5.93. The van der Waals surface area contributed by atoms with Crippen molar-refractivity contribution >= 4 is 11.5 Å². The molecule has 4 heteroatoms. The van der Waals surface area contributed by atoms with Crippen LogP contribution in [0.15, 0.2) is 43.0 Å². The van der Waals surface area contributed by atoms with E-state index in [2.05, 4.69) is 49.2 Å². The van der Waals surface area contributed by atoms with Gasteiger partial charge in [-0.05, 0) is 62.1 Å². The van der Waals surface area contributed by atoms with E-state index in [1.807, 2.05) is 18.0 Å². The van der Waals surface area contributed by atoms with Crippen LogP contribution >= 0.6 is 0 Å². The number of carbonyl (C=O) groups excluding carboxylic acids is 1. The lowest BCUT2D eigenvalue weighted by Crippen LogP contribution is -2.58. The summed E-state index contributed by atoms with van der Waals surface area (Å²) in [7, 11) is 1.98. The maximum Gasteiger partial charge on any atom is 0.227 e. The number of ether oxygens (including phenoxy) is 1. The molecule has 4 unspecified atom stereocenters. The molecular formula is C25H34N2O2. The van der Waals surface area contributed by atoms with Gasteiger partial charge in [0.2, 0.25) is 5.91 Å². The van der Waals surface area contributed by atoms with E-state index in [1.54, 1.807) is 0 Å². The Balaban J connectivity index is 1.46. The Bertz CT molecular complexity index is 794. The predicted molar refractivity (Wildman–Crippen MR) is 118 cm³/mol. The summed E-state index contributed by atoms with van der Waals surface area (Å²) in [6, 6.07) is 9.07. The molecule has 0 aromatic heterocycles. The molecule has 29 heavy (non-hydrogen) atoms. The minimum absolute atomic E-state index is 0.00582. The molecule has 1 heterocycles. The van der Waals surface area contributed by atoms with Crippen molar-refractivity contribution in [1.82, 2.24) is 10.2 Å². The molecule has 1 spiro atoms. The Morgan fingerprint density at radius 2 is 2.24 bits per heavy atom. The number of amides is 1. The lowest BCUT2D eigenvalue weighted by Gasteiger charge is -2.46. The topological polar surface area (TPSA) is 41.6 Å².